The van der Waals surface area contributed by atoms with Crippen molar-refractivity contribution in [3.05, 3.63) is 108 Å². The van der Waals surface area contributed by atoms with Crippen molar-refractivity contribution in [1.29, 1.82) is 5.41 Å². The maximum absolute atomic E-state index is 15.5. The van der Waals surface area contributed by atoms with Crippen molar-refractivity contribution in [3.63, 3.8) is 0 Å². The van der Waals surface area contributed by atoms with E-state index in [0.717, 1.165) is 42.2 Å². The number of fused-ring (bicyclic) bond motifs is 9. The van der Waals surface area contributed by atoms with Crippen molar-refractivity contribution in [1.82, 2.24) is 93.8 Å². The number of rotatable bonds is 21. The summed E-state index contributed by atoms with van der Waals surface area (Å²) in [5, 5.41) is 62.6. The van der Waals surface area contributed by atoms with E-state index in [-0.39, 0.29) is 86.7 Å². The summed E-state index contributed by atoms with van der Waals surface area (Å²) < 4.78 is 0. The number of nitrogens with two attached hydrogens (primary N) is 3. The molecule has 2 aromatic heterocycles. The summed E-state index contributed by atoms with van der Waals surface area (Å²) in [5.74, 6) is -21.7. The number of primary amides is 2. The van der Waals surface area contributed by atoms with Crippen molar-refractivity contribution in [3.8, 4) is 0 Å². The van der Waals surface area contributed by atoms with E-state index in [1.54, 1.807) is 106 Å². The molecule has 0 radical (unpaired) electrons. The van der Waals surface area contributed by atoms with Crippen LogP contribution < -0.4 is 86.3 Å². The molecule has 0 aliphatic carbocycles. The lowest BCUT2D eigenvalue weighted by molar-refractivity contribution is -0.158. The molecule has 3 aliphatic heterocycles. The number of carbonyl (C=O) groups is 19. The molecule has 0 saturated carbocycles. The summed E-state index contributed by atoms with van der Waals surface area (Å²) in [6.45, 7) is 4.04. The number of amides is 17. The fraction of sp³-hybridized carbons (Fsp3) is 0.494. The first-order valence-corrected chi connectivity index (χ1v) is 45.1. The number of benzene rings is 3. The molecule has 129 heavy (non-hydrogen) atoms. The highest BCUT2D eigenvalue weighted by molar-refractivity contribution is 7.99. The molecule has 3 aromatic carbocycles. The van der Waals surface area contributed by atoms with Gasteiger partial charge in [0, 0.05) is 134 Å². The van der Waals surface area contributed by atoms with Crippen LogP contribution in [0.15, 0.2) is 91.3 Å². The third kappa shape index (κ3) is 33.0. The fourth-order valence-electron chi connectivity index (χ4n) is 14.2. The van der Waals surface area contributed by atoms with Crippen LogP contribution in [0.1, 0.15) is 115 Å². The van der Waals surface area contributed by atoms with E-state index in [9.17, 15) is 77.3 Å². The van der Waals surface area contributed by atoms with Gasteiger partial charge in [-0.15, -0.1) is 0 Å². The molecular weight excluding hydrogens is 1740 g/mol. The van der Waals surface area contributed by atoms with Gasteiger partial charge in [0.05, 0.1) is 33.0 Å². The molecule has 5 heterocycles. The van der Waals surface area contributed by atoms with Crippen molar-refractivity contribution in [2.45, 2.75) is 184 Å². The lowest BCUT2D eigenvalue weighted by Crippen LogP contribution is -2.61. The summed E-state index contributed by atoms with van der Waals surface area (Å²) in [7, 11) is 0. The number of guanidine groups is 1. The lowest BCUT2D eigenvalue weighted by Gasteiger charge is -2.42. The van der Waals surface area contributed by atoms with Gasteiger partial charge >= 0.3 is 11.9 Å². The summed E-state index contributed by atoms with van der Waals surface area (Å²) in [6.07, 6.45) is -3.23. The number of nitrogens with one attached hydrogen (secondary N) is 16. The molecule has 3 fully saturated rings. The minimum Gasteiger partial charge on any atom is -0.481 e. The highest BCUT2D eigenvalue weighted by Gasteiger charge is 2.40. The van der Waals surface area contributed by atoms with Crippen LogP contribution in [0.5, 0.6) is 0 Å². The molecule has 698 valence electrons. The maximum Gasteiger partial charge on any atom is 0.305 e. The number of thioether (sulfide) groups is 3. The number of nitrogens with zero attached hydrogens (tertiary/aromatic N) is 3. The second-order valence-corrected chi connectivity index (χ2v) is 35.8. The van der Waals surface area contributed by atoms with Gasteiger partial charge in [-0.25, -0.2) is 0 Å². The Morgan fingerprint density at radius 2 is 0.922 bits per heavy atom. The van der Waals surface area contributed by atoms with E-state index in [2.05, 4.69) is 79.1 Å². The van der Waals surface area contributed by atoms with Gasteiger partial charge in [-0.2, -0.15) is 35.3 Å². The van der Waals surface area contributed by atoms with Crippen molar-refractivity contribution in [2.75, 3.05) is 67.6 Å². The van der Waals surface area contributed by atoms with Crippen LogP contribution in [0.4, 0.5) is 0 Å². The topological polar surface area (TPSA) is 664 Å². The maximum atomic E-state index is 15.5. The molecule has 46 heteroatoms. The quantitative estimate of drug-likeness (QED) is 0.0194. The zero-order valence-corrected chi connectivity index (χ0v) is 74.1. The minimum absolute atomic E-state index is 0.0149. The van der Waals surface area contributed by atoms with Gasteiger partial charge in [-0.1, -0.05) is 87.5 Å². The van der Waals surface area contributed by atoms with Gasteiger partial charge < -0.3 is 121 Å². The van der Waals surface area contributed by atoms with Crippen molar-refractivity contribution < 1.29 is 101 Å². The number of hydrogen-bond donors (Lipinski definition) is 21. The summed E-state index contributed by atoms with van der Waals surface area (Å²) in [5.41, 5.74) is 18.7. The molecule has 4 bridgehead atoms. The van der Waals surface area contributed by atoms with Gasteiger partial charge in [-0.05, 0) is 66.3 Å². The Balaban J connectivity index is 1.23. The number of hydrogen-bond acceptors (Lipinski definition) is 23. The van der Waals surface area contributed by atoms with E-state index in [1.165, 1.54) is 20.9 Å². The number of aliphatic carboxylic acids is 2. The number of H-pyrrole nitrogens is 2. The first-order chi connectivity index (χ1) is 61.3. The van der Waals surface area contributed by atoms with Crippen LogP contribution in [0, 0.1) is 10.8 Å². The van der Waals surface area contributed by atoms with Crippen LogP contribution in [-0.2, 0) is 110 Å². The minimum atomic E-state index is -2.22. The van der Waals surface area contributed by atoms with Crippen LogP contribution >= 0.6 is 35.3 Å². The highest BCUT2D eigenvalue weighted by Crippen LogP contribution is 2.26. The van der Waals surface area contributed by atoms with E-state index >= 15 is 24.0 Å². The average molecular weight is 1850 g/mol. The Morgan fingerprint density at radius 1 is 0.481 bits per heavy atom. The second kappa shape index (κ2) is 49.4. The van der Waals surface area contributed by atoms with Gasteiger partial charge in [0.25, 0.3) is 0 Å². The van der Waals surface area contributed by atoms with Crippen LogP contribution in [0.3, 0.4) is 0 Å². The number of carboxylic acids is 2. The Morgan fingerprint density at radius 3 is 1.43 bits per heavy atom. The summed E-state index contributed by atoms with van der Waals surface area (Å²) in [4.78, 5) is 281. The lowest BCUT2D eigenvalue weighted by atomic mass is 9.87. The molecule has 24 N–H and O–H groups in total. The molecule has 43 nitrogen and oxygen atoms in total. The highest BCUT2D eigenvalue weighted by atomic mass is 32.2. The monoisotopic (exact) mass is 1850 g/mol. The molecular formula is C83H112N22O21S3. The van der Waals surface area contributed by atoms with Gasteiger partial charge in [0.1, 0.15) is 66.5 Å². The van der Waals surface area contributed by atoms with Crippen molar-refractivity contribution in [2.24, 2.45) is 22.6 Å². The van der Waals surface area contributed by atoms with Gasteiger partial charge in [-0.3, -0.25) is 96.5 Å². The normalized spacial score (nSPS) is 23.3. The second-order valence-electron chi connectivity index (χ2n) is 32.3. The predicted octanol–water partition coefficient (Wildman–Crippen LogP) is -3.30. The van der Waals surface area contributed by atoms with Crippen molar-refractivity contribution >= 4 is 175 Å². The van der Waals surface area contributed by atoms with E-state index in [0.29, 0.717) is 38.5 Å². The number of carboxylic acid groups (broad SMARTS) is 2. The van der Waals surface area contributed by atoms with Gasteiger partial charge in [0.15, 0.2) is 5.96 Å². The molecule has 0 spiro atoms. The number of aromatic nitrogens is 2. The molecule has 11 atom stereocenters. The number of aromatic amines is 2. The number of carbonyl (C=O) groups excluding carboxylic acids is 17. The third-order valence-corrected chi connectivity index (χ3v) is 24.0. The molecule has 3 aliphatic rings. The largest absolute Gasteiger partial charge is 0.481 e. The van der Waals surface area contributed by atoms with Crippen LogP contribution in [0.2, 0.25) is 0 Å². The van der Waals surface area contributed by atoms with Crippen LogP contribution in [0.25, 0.3) is 21.8 Å². The Bertz CT molecular complexity index is 4930. The molecule has 17 amide bonds. The third-order valence-electron chi connectivity index (χ3n) is 20.8. The molecule has 8 rings (SSSR count). The van der Waals surface area contributed by atoms with Crippen LogP contribution in [-0.4, -0.2) is 287 Å². The average Bonchev–Trinajstić information content (AvgIpc) is 1.62. The first-order valence-electron chi connectivity index (χ1n) is 41.6. The van der Waals surface area contributed by atoms with E-state index < -0.39 is 261 Å². The first kappa shape index (κ1) is 101. The van der Waals surface area contributed by atoms with E-state index in [4.69, 9.17) is 22.6 Å². The Hall–Kier alpha value is -13.0. The number of para-hydroxylation sites is 2. The Labute approximate surface area is 754 Å². The summed E-state index contributed by atoms with van der Waals surface area (Å²) in [6, 6.07) is 3.28. The zero-order chi connectivity index (χ0) is 94.2. The summed E-state index contributed by atoms with van der Waals surface area (Å²) >= 11 is 2.85. The SMILES string of the molecule is CC(=O)N[C@H]1CSCCC(=O)N2CN3CN(C2)C(=O)CCSC[C@H](NC(=O)[C@H](CC(=O)O)NC(=O)[C@H](CCC(=O)O)NC(=O)[C@H](CC(C)(C)C)NC(=O)[C@H](Cc2c[nH]c4ccccc24)NC(=O)[C@H](CCC(N)=O)NC1=O)C(=O)N[C@@H](Cc1c[nH]c2ccccc12)C(=O)N[C@@H](CCCNC(=N)N)C(=O)NCC(=O)N[C@@H](Cc1ccccc1)C(=O)N[C@H](C(N)=O)CSCCC3=O. The molecule has 5 aromatic rings. The molecule has 0 unspecified atom stereocenters. The zero-order valence-electron chi connectivity index (χ0n) is 71.6. The Kier molecular flexibility index (Phi) is 38.8. The smallest absolute Gasteiger partial charge is 0.305 e. The standard InChI is InChI=1S/C83H112N22O21S3/c1-45(106)92-62-40-128-29-25-67(110)104-42-103-43-105(44-104)68(111)26-30-129-41-63(102-78(123)59(34-70(114)115)99-74(119)55(21-23-69(112)113)95-79(124)60(35-83(2,3)4)100-77(122)58(33-48-37-90-52-18-11-9-16-50(48)52)97-73(118)54(96-80(62)125)20-22-64(84)107)81(126)98-57(32-47-36-89-51-17-10-8-15-49(47)51)76(121)94-53(19-12-27-88-82(86)87)72(117)91-38-65(108)93-56(31-46-13-6-5-7-14-46)75(120)101-61(71(85)116)39-127-28-24-66(103)109/h5-11,13-18,36-37,53-63,89-90H,12,19-35,38-44H2,1-4H3,(H2,84,107)(H2,85,116)(H,91,117)(H,92,106)(H,93,108)(H,94,121)(H,95,124)(H,96,125)(H,97,118)(H,98,126)(H,99,119)(H,100,122)(H,101,120)(H,102,123)(H,112,113)(H,114,115)(H4,86,87,88)/t53-,54-,55-,56-,57-,58-,59-,60-,61-,62-,63-/m0/s1. The van der Waals surface area contributed by atoms with E-state index in [1.807, 2.05) is 0 Å². The fourth-order valence-corrected chi connectivity index (χ4v) is 17.1. The molecule has 3 saturated heterocycles. The van der Waals surface area contributed by atoms with Gasteiger partial charge in [0.2, 0.25) is 100 Å². The predicted molar refractivity (Wildman–Crippen MR) is 475 cm³/mol.